The summed E-state index contributed by atoms with van der Waals surface area (Å²) < 4.78 is 0. The smallest absolute Gasteiger partial charge is 0.291 e. The van der Waals surface area contributed by atoms with Crippen molar-refractivity contribution in [2.75, 3.05) is 0 Å². The third-order valence-electron chi connectivity index (χ3n) is 7.87. The van der Waals surface area contributed by atoms with Crippen molar-refractivity contribution in [3.63, 3.8) is 0 Å². The van der Waals surface area contributed by atoms with Gasteiger partial charge in [-0.25, -0.2) is 0 Å². The highest BCUT2D eigenvalue weighted by Crippen LogP contribution is 2.62. The molecule has 1 heterocycles. The lowest BCUT2D eigenvalue weighted by atomic mass is 9.48. The minimum Gasteiger partial charge on any atom is -0.506 e. The molecule has 1 saturated heterocycles. The van der Waals surface area contributed by atoms with E-state index in [9.17, 15) is 14.7 Å². The van der Waals surface area contributed by atoms with Gasteiger partial charge in [0.2, 0.25) is 5.12 Å². The molecule has 32 heavy (non-hydrogen) atoms. The fourth-order valence-corrected chi connectivity index (χ4v) is 7.74. The number of phenols is 1. The van der Waals surface area contributed by atoms with Gasteiger partial charge >= 0.3 is 0 Å². The quantitative estimate of drug-likeness (QED) is 0.507. The molecule has 0 spiro atoms. The van der Waals surface area contributed by atoms with Gasteiger partial charge in [-0.2, -0.15) is 0 Å². The SMILES string of the molecule is O=C1NC(=Cc2ccc(-c3cc(Cl)c(O)c(C45CC6CC(CC(C6)C4)C5)c3)cc2)C(=O)S1. The van der Waals surface area contributed by atoms with Crippen LogP contribution < -0.4 is 5.32 Å². The first-order valence-electron chi connectivity index (χ1n) is 11.3. The Hall–Kier alpha value is -2.24. The summed E-state index contributed by atoms with van der Waals surface area (Å²) in [5.41, 5.74) is 4.24. The van der Waals surface area contributed by atoms with E-state index in [1.807, 2.05) is 30.3 Å². The molecule has 6 heteroatoms. The van der Waals surface area contributed by atoms with Gasteiger partial charge in [-0.05, 0) is 96.6 Å². The molecule has 4 nitrogen and oxygen atoms in total. The van der Waals surface area contributed by atoms with Crippen molar-refractivity contribution in [3.8, 4) is 16.9 Å². The molecule has 1 amide bonds. The number of hydrogen-bond acceptors (Lipinski definition) is 4. The van der Waals surface area contributed by atoms with Crippen LogP contribution in [0.25, 0.3) is 17.2 Å². The van der Waals surface area contributed by atoms with Crippen LogP contribution >= 0.6 is 23.4 Å². The standard InChI is InChI=1S/C26H24ClNO3S/c27-21-10-19(18-3-1-14(2-4-18)8-22-24(30)32-25(31)28-22)9-20(23(21)29)26-11-15-5-16(12-26)7-17(6-15)13-26/h1-4,8-10,15-17,29H,5-7,11-13H2,(H,28,31). The number of carbonyl (C=O) groups is 2. The zero-order chi connectivity index (χ0) is 22.0. The fourth-order valence-electron chi connectivity index (χ4n) is 6.97. The van der Waals surface area contributed by atoms with E-state index in [0.717, 1.165) is 59.3 Å². The van der Waals surface area contributed by atoms with Crippen LogP contribution in [-0.4, -0.2) is 15.5 Å². The molecule has 0 atom stereocenters. The average molecular weight is 466 g/mol. The van der Waals surface area contributed by atoms with Crippen LogP contribution in [0.1, 0.15) is 49.7 Å². The van der Waals surface area contributed by atoms with Crippen LogP contribution in [0.15, 0.2) is 42.1 Å². The van der Waals surface area contributed by atoms with Crippen LogP contribution in [0.2, 0.25) is 5.02 Å². The maximum Gasteiger partial charge on any atom is 0.291 e. The number of benzene rings is 2. The predicted molar refractivity (Wildman–Crippen MR) is 128 cm³/mol. The van der Waals surface area contributed by atoms with Crippen LogP contribution in [0.5, 0.6) is 5.75 Å². The zero-order valence-electron chi connectivity index (χ0n) is 17.6. The Morgan fingerprint density at radius 3 is 2.16 bits per heavy atom. The summed E-state index contributed by atoms with van der Waals surface area (Å²) >= 11 is 7.22. The number of aromatic hydroxyl groups is 1. The summed E-state index contributed by atoms with van der Waals surface area (Å²) in [5, 5.41) is 13.4. The summed E-state index contributed by atoms with van der Waals surface area (Å²) in [6, 6.07) is 11.8. The van der Waals surface area contributed by atoms with Gasteiger partial charge in [0.25, 0.3) is 5.24 Å². The third kappa shape index (κ3) is 3.37. The first-order valence-corrected chi connectivity index (χ1v) is 12.5. The molecule has 4 aliphatic carbocycles. The normalized spacial score (nSPS) is 32.0. The van der Waals surface area contributed by atoms with Crippen molar-refractivity contribution in [1.82, 2.24) is 5.32 Å². The van der Waals surface area contributed by atoms with Crippen LogP contribution in [0, 0.1) is 17.8 Å². The van der Waals surface area contributed by atoms with E-state index < -0.39 is 0 Å². The van der Waals surface area contributed by atoms with Gasteiger partial charge < -0.3 is 10.4 Å². The number of hydrogen-bond donors (Lipinski definition) is 2. The molecule has 2 N–H and O–H groups in total. The number of carbonyl (C=O) groups excluding carboxylic acids is 2. The van der Waals surface area contributed by atoms with Crippen molar-refractivity contribution in [1.29, 1.82) is 0 Å². The monoisotopic (exact) mass is 465 g/mol. The lowest BCUT2D eigenvalue weighted by Crippen LogP contribution is -2.48. The topological polar surface area (TPSA) is 66.4 Å². The Morgan fingerprint density at radius 1 is 0.969 bits per heavy atom. The molecule has 2 aromatic carbocycles. The van der Waals surface area contributed by atoms with Gasteiger partial charge in [-0.3, -0.25) is 9.59 Å². The lowest BCUT2D eigenvalue weighted by Gasteiger charge is -2.57. The van der Waals surface area contributed by atoms with Gasteiger partial charge in [0.15, 0.2) is 0 Å². The number of phenolic OH excluding ortho intramolecular Hbond substituents is 1. The van der Waals surface area contributed by atoms with Crippen molar-refractivity contribution in [2.24, 2.45) is 17.8 Å². The first-order chi connectivity index (χ1) is 15.4. The number of amides is 1. The van der Waals surface area contributed by atoms with Crippen molar-refractivity contribution in [2.45, 2.75) is 43.9 Å². The third-order valence-corrected chi connectivity index (χ3v) is 8.85. The van der Waals surface area contributed by atoms with E-state index in [4.69, 9.17) is 11.6 Å². The summed E-state index contributed by atoms with van der Waals surface area (Å²) in [4.78, 5) is 23.2. The van der Waals surface area contributed by atoms with Gasteiger partial charge in [-0.15, -0.1) is 0 Å². The van der Waals surface area contributed by atoms with Crippen LogP contribution in [0.3, 0.4) is 0 Å². The lowest BCUT2D eigenvalue weighted by molar-refractivity contribution is -0.107. The van der Waals surface area contributed by atoms with E-state index in [0.29, 0.717) is 22.5 Å². The Labute approximate surface area is 196 Å². The first kappa shape index (κ1) is 20.4. The highest BCUT2D eigenvalue weighted by molar-refractivity contribution is 8.27. The maximum atomic E-state index is 11.8. The number of halogens is 1. The molecule has 5 fully saturated rings. The molecule has 0 radical (unpaired) electrons. The molecule has 1 aliphatic heterocycles. The minimum atomic E-state index is -0.339. The van der Waals surface area contributed by atoms with E-state index in [-0.39, 0.29) is 21.5 Å². The second-order valence-electron chi connectivity index (χ2n) is 10.0. The number of thioether (sulfide) groups is 1. The van der Waals surface area contributed by atoms with Gasteiger partial charge in [-0.1, -0.05) is 35.9 Å². The molecule has 4 bridgehead atoms. The minimum absolute atomic E-state index is 0.0571. The van der Waals surface area contributed by atoms with Gasteiger partial charge in [0.05, 0.1) is 10.7 Å². The largest absolute Gasteiger partial charge is 0.506 e. The molecule has 4 saturated carbocycles. The Kier molecular flexibility index (Phi) is 4.71. The average Bonchev–Trinajstić information content (AvgIpc) is 3.06. The van der Waals surface area contributed by atoms with E-state index >= 15 is 0 Å². The Morgan fingerprint density at radius 2 is 1.59 bits per heavy atom. The summed E-state index contributed by atoms with van der Waals surface area (Å²) in [6.45, 7) is 0. The molecule has 2 aromatic rings. The van der Waals surface area contributed by atoms with Gasteiger partial charge in [0.1, 0.15) is 5.75 Å². The fraction of sp³-hybridized carbons (Fsp3) is 0.385. The maximum absolute atomic E-state index is 11.8. The molecular formula is C26H24ClNO3S. The molecule has 7 rings (SSSR count). The summed E-state index contributed by atoms with van der Waals surface area (Å²) in [7, 11) is 0. The second-order valence-corrected chi connectivity index (χ2v) is 11.4. The molecule has 0 unspecified atom stereocenters. The highest BCUT2D eigenvalue weighted by atomic mass is 35.5. The van der Waals surface area contributed by atoms with E-state index in [1.54, 1.807) is 6.08 Å². The summed E-state index contributed by atoms with van der Waals surface area (Å²) in [6.07, 6.45) is 9.24. The molecule has 164 valence electrons. The van der Waals surface area contributed by atoms with E-state index in [1.165, 1.54) is 19.3 Å². The van der Waals surface area contributed by atoms with E-state index in [2.05, 4.69) is 11.4 Å². The second kappa shape index (κ2) is 7.39. The molecule has 5 aliphatic rings. The Balaban J connectivity index is 1.34. The van der Waals surface area contributed by atoms with Crippen molar-refractivity contribution < 1.29 is 14.7 Å². The molecule has 0 aromatic heterocycles. The number of nitrogens with one attached hydrogen (secondary N) is 1. The predicted octanol–water partition coefficient (Wildman–Crippen LogP) is 6.50. The molecular weight excluding hydrogens is 442 g/mol. The summed E-state index contributed by atoms with van der Waals surface area (Å²) in [5.74, 6) is 2.61. The van der Waals surface area contributed by atoms with Crippen molar-refractivity contribution in [3.05, 3.63) is 58.2 Å². The zero-order valence-corrected chi connectivity index (χ0v) is 19.1. The Bertz CT molecular complexity index is 1140. The van der Waals surface area contributed by atoms with Gasteiger partial charge in [0, 0.05) is 17.3 Å². The van der Waals surface area contributed by atoms with Crippen LogP contribution in [-0.2, 0) is 10.2 Å². The van der Waals surface area contributed by atoms with Crippen LogP contribution in [0.4, 0.5) is 4.79 Å². The number of rotatable bonds is 3. The van der Waals surface area contributed by atoms with Crippen molar-refractivity contribution >= 4 is 39.8 Å². The highest BCUT2D eigenvalue weighted by Gasteiger charge is 2.52.